The van der Waals surface area contributed by atoms with Crippen molar-refractivity contribution in [1.82, 2.24) is 10.2 Å². The van der Waals surface area contributed by atoms with Crippen LogP contribution in [0.1, 0.15) is 39.2 Å². The van der Waals surface area contributed by atoms with E-state index < -0.39 is 16.1 Å². The number of carbonyl (C=O) groups is 2. The van der Waals surface area contributed by atoms with Crippen molar-refractivity contribution in [1.29, 1.82) is 0 Å². The van der Waals surface area contributed by atoms with Crippen LogP contribution in [0.5, 0.6) is 11.5 Å². The molecular formula is C27H37N3O6S. The fraction of sp³-hybridized carbons (Fsp3) is 0.481. The third-order valence-corrected chi connectivity index (χ3v) is 7.24. The van der Waals surface area contributed by atoms with E-state index in [0.29, 0.717) is 49.8 Å². The van der Waals surface area contributed by atoms with Gasteiger partial charge < -0.3 is 19.7 Å². The molecule has 2 amide bonds. The quantitative estimate of drug-likeness (QED) is 0.452. The molecule has 0 radical (unpaired) electrons. The van der Waals surface area contributed by atoms with Crippen LogP contribution in [0, 0.1) is 0 Å². The molecule has 10 heteroatoms. The highest BCUT2D eigenvalue weighted by molar-refractivity contribution is 7.92. The molecule has 202 valence electrons. The first-order chi connectivity index (χ1) is 17.6. The van der Waals surface area contributed by atoms with E-state index in [9.17, 15) is 18.0 Å². The number of sulfonamides is 1. The summed E-state index contributed by atoms with van der Waals surface area (Å²) in [5.74, 6) is 0.648. The number of ether oxygens (including phenoxy) is 2. The first-order valence-corrected chi connectivity index (χ1v) is 14.4. The largest absolute Gasteiger partial charge is 0.486 e. The Bertz CT molecular complexity index is 1170. The van der Waals surface area contributed by atoms with Crippen LogP contribution < -0.4 is 19.1 Å². The first kappa shape index (κ1) is 28.3. The van der Waals surface area contributed by atoms with E-state index in [1.807, 2.05) is 44.2 Å². The average molecular weight is 532 g/mol. The monoisotopic (exact) mass is 531 g/mol. The molecule has 0 aromatic heterocycles. The number of nitrogens with one attached hydrogen (secondary N) is 1. The molecule has 0 saturated carbocycles. The molecule has 0 spiro atoms. The lowest BCUT2D eigenvalue weighted by Gasteiger charge is -2.30. The van der Waals surface area contributed by atoms with Crippen molar-refractivity contribution >= 4 is 27.5 Å². The zero-order valence-corrected chi connectivity index (χ0v) is 22.8. The molecule has 1 atom stereocenters. The first-order valence-electron chi connectivity index (χ1n) is 12.6. The van der Waals surface area contributed by atoms with Gasteiger partial charge in [-0.3, -0.25) is 13.9 Å². The number of fused-ring (bicyclic) bond motifs is 1. The fourth-order valence-electron chi connectivity index (χ4n) is 4.17. The summed E-state index contributed by atoms with van der Waals surface area (Å²) in [6, 6.07) is 14.1. The van der Waals surface area contributed by atoms with Gasteiger partial charge >= 0.3 is 0 Å². The van der Waals surface area contributed by atoms with Crippen LogP contribution >= 0.6 is 0 Å². The number of hydrogen-bond donors (Lipinski definition) is 1. The van der Waals surface area contributed by atoms with E-state index in [2.05, 4.69) is 5.32 Å². The summed E-state index contributed by atoms with van der Waals surface area (Å²) in [6.45, 7) is 6.80. The SMILES string of the molecule is CC(C)NC(=O)[C@@H](C)N(CCc1ccccc1)C(=O)CCCN(c1ccc2c(c1)OCCO2)S(C)(=O)=O. The Morgan fingerprint density at radius 1 is 0.973 bits per heavy atom. The molecule has 1 heterocycles. The summed E-state index contributed by atoms with van der Waals surface area (Å²) < 4.78 is 37.5. The molecule has 0 bridgehead atoms. The maximum Gasteiger partial charge on any atom is 0.242 e. The Morgan fingerprint density at radius 3 is 2.30 bits per heavy atom. The number of nitrogens with zero attached hydrogens (tertiary/aromatic N) is 2. The van der Waals surface area contributed by atoms with Gasteiger partial charge in [-0.15, -0.1) is 0 Å². The van der Waals surface area contributed by atoms with Crippen molar-refractivity contribution in [2.24, 2.45) is 0 Å². The highest BCUT2D eigenvalue weighted by atomic mass is 32.2. The maximum atomic E-state index is 13.3. The van der Waals surface area contributed by atoms with Gasteiger partial charge in [-0.2, -0.15) is 0 Å². The molecule has 1 aliphatic heterocycles. The second-order valence-electron chi connectivity index (χ2n) is 9.43. The van der Waals surface area contributed by atoms with Crippen LogP contribution in [0.2, 0.25) is 0 Å². The van der Waals surface area contributed by atoms with E-state index in [1.165, 1.54) is 4.31 Å². The second-order valence-corrected chi connectivity index (χ2v) is 11.3. The Kier molecular flexibility index (Phi) is 9.79. The maximum absolute atomic E-state index is 13.3. The molecule has 0 aliphatic carbocycles. The minimum atomic E-state index is -3.60. The van der Waals surface area contributed by atoms with Gasteiger partial charge in [0.1, 0.15) is 19.3 Å². The van der Waals surface area contributed by atoms with Crippen LogP contribution in [-0.4, -0.2) is 69.8 Å². The molecule has 3 rings (SSSR count). The third-order valence-electron chi connectivity index (χ3n) is 6.05. The molecule has 2 aromatic carbocycles. The van der Waals surface area contributed by atoms with Gasteiger partial charge in [0.15, 0.2) is 11.5 Å². The zero-order valence-electron chi connectivity index (χ0n) is 22.0. The Morgan fingerprint density at radius 2 is 1.65 bits per heavy atom. The van der Waals surface area contributed by atoms with Crippen LogP contribution in [0.4, 0.5) is 5.69 Å². The number of amides is 2. The number of benzene rings is 2. The highest BCUT2D eigenvalue weighted by Crippen LogP contribution is 2.34. The highest BCUT2D eigenvalue weighted by Gasteiger charge is 2.27. The van der Waals surface area contributed by atoms with Gasteiger partial charge in [-0.05, 0) is 51.3 Å². The van der Waals surface area contributed by atoms with Crippen molar-refractivity contribution in [2.75, 3.05) is 36.9 Å². The van der Waals surface area contributed by atoms with Crippen molar-refractivity contribution in [2.45, 2.75) is 52.1 Å². The summed E-state index contributed by atoms with van der Waals surface area (Å²) in [7, 11) is -3.60. The number of carbonyl (C=O) groups excluding carboxylic acids is 2. The molecule has 1 N–H and O–H groups in total. The molecule has 9 nitrogen and oxygen atoms in total. The van der Waals surface area contributed by atoms with Crippen LogP contribution in [0.15, 0.2) is 48.5 Å². The van der Waals surface area contributed by atoms with Crippen molar-refractivity contribution < 1.29 is 27.5 Å². The van der Waals surface area contributed by atoms with Crippen LogP contribution in [-0.2, 0) is 26.0 Å². The summed E-state index contributed by atoms with van der Waals surface area (Å²) in [5, 5.41) is 2.87. The third kappa shape index (κ3) is 8.11. The molecule has 0 saturated heterocycles. The van der Waals surface area contributed by atoms with Crippen molar-refractivity contribution in [3.8, 4) is 11.5 Å². The predicted octanol–water partition coefficient (Wildman–Crippen LogP) is 2.99. The Labute approximate surface area is 219 Å². The fourth-order valence-corrected chi connectivity index (χ4v) is 5.12. The minimum Gasteiger partial charge on any atom is -0.486 e. The summed E-state index contributed by atoms with van der Waals surface area (Å²) in [5.41, 5.74) is 1.52. The van der Waals surface area contributed by atoms with Gasteiger partial charge in [0.05, 0.1) is 11.9 Å². The number of hydrogen-bond acceptors (Lipinski definition) is 6. The Balaban J connectivity index is 1.69. The van der Waals surface area contributed by atoms with Crippen molar-refractivity contribution in [3.63, 3.8) is 0 Å². The minimum absolute atomic E-state index is 0.0460. The summed E-state index contributed by atoms with van der Waals surface area (Å²) in [4.78, 5) is 27.6. The van der Waals surface area contributed by atoms with Crippen LogP contribution in [0.25, 0.3) is 0 Å². The lowest BCUT2D eigenvalue weighted by Crippen LogP contribution is -2.50. The van der Waals surface area contributed by atoms with Crippen LogP contribution in [0.3, 0.4) is 0 Å². The smallest absolute Gasteiger partial charge is 0.242 e. The zero-order chi connectivity index (χ0) is 27.0. The molecule has 2 aromatic rings. The van der Waals surface area contributed by atoms with E-state index >= 15 is 0 Å². The van der Waals surface area contributed by atoms with Gasteiger partial charge in [-0.25, -0.2) is 8.42 Å². The van der Waals surface area contributed by atoms with Gasteiger partial charge in [-0.1, -0.05) is 30.3 Å². The predicted molar refractivity (Wildman–Crippen MR) is 143 cm³/mol. The van der Waals surface area contributed by atoms with Gasteiger partial charge in [0, 0.05) is 31.6 Å². The molecule has 0 unspecified atom stereocenters. The standard InChI is InChI=1S/C27H37N3O6S/c1-20(2)28-27(32)21(3)29(16-14-22-9-6-5-7-10-22)26(31)11-8-15-30(37(4,33)34)23-12-13-24-25(19-23)36-18-17-35-24/h5-7,9-10,12-13,19-21H,8,11,14-18H2,1-4H3,(H,28,32)/t21-/m1/s1. The molecule has 37 heavy (non-hydrogen) atoms. The van der Waals surface area contributed by atoms with E-state index in [-0.39, 0.29) is 30.8 Å². The summed E-state index contributed by atoms with van der Waals surface area (Å²) >= 11 is 0. The molecular weight excluding hydrogens is 494 g/mol. The lowest BCUT2D eigenvalue weighted by molar-refractivity contribution is -0.140. The molecule has 1 aliphatic rings. The van der Waals surface area contributed by atoms with E-state index in [0.717, 1.165) is 11.8 Å². The van der Waals surface area contributed by atoms with Gasteiger partial charge in [0.25, 0.3) is 0 Å². The second kappa shape index (κ2) is 12.8. The van der Waals surface area contributed by atoms with Gasteiger partial charge in [0.2, 0.25) is 21.8 Å². The average Bonchev–Trinajstić information content (AvgIpc) is 2.85. The van der Waals surface area contributed by atoms with E-state index in [4.69, 9.17) is 9.47 Å². The topological polar surface area (TPSA) is 105 Å². The van der Waals surface area contributed by atoms with E-state index in [1.54, 1.807) is 30.0 Å². The number of rotatable bonds is 12. The lowest BCUT2D eigenvalue weighted by atomic mass is 10.1. The van der Waals surface area contributed by atoms with Crippen molar-refractivity contribution in [3.05, 3.63) is 54.1 Å². The normalized spacial score (nSPS) is 13.6. The number of anilines is 1. The summed E-state index contributed by atoms with van der Waals surface area (Å²) in [6.07, 6.45) is 2.14. The Hall–Kier alpha value is -3.27. The molecule has 0 fully saturated rings.